The van der Waals surface area contributed by atoms with E-state index in [9.17, 15) is 4.79 Å². The van der Waals surface area contributed by atoms with Gasteiger partial charge in [-0.05, 0) is 55.0 Å². The highest BCUT2D eigenvalue weighted by Crippen LogP contribution is 2.27. The second-order valence-electron chi connectivity index (χ2n) is 6.41. The topological polar surface area (TPSA) is 83.5 Å². The minimum absolute atomic E-state index is 0.311. The van der Waals surface area contributed by atoms with Gasteiger partial charge in [-0.1, -0.05) is 11.6 Å². The Balaban J connectivity index is 1.75. The maximum atomic E-state index is 13.0. The van der Waals surface area contributed by atoms with Gasteiger partial charge in [-0.2, -0.15) is 14.9 Å². The largest absolute Gasteiger partial charge is 0.493 e. The number of hydrogen-bond donors (Lipinski definition) is 0. The molecule has 0 atom stereocenters. The number of hydrogen-bond acceptors (Lipinski definition) is 6. The number of benzene rings is 2. The molecule has 4 rings (SSSR count). The van der Waals surface area contributed by atoms with Gasteiger partial charge in [0.1, 0.15) is 11.2 Å². The maximum absolute atomic E-state index is 13.0. The molecule has 0 fully saturated rings. The van der Waals surface area contributed by atoms with E-state index >= 15 is 0 Å². The molecule has 0 saturated heterocycles. The van der Waals surface area contributed by atoms with Crippen LogP contribution in [0.1, 0.15) is 11.4 Å². The molecule has 2 aromatic heterocycles. The monoisotopic (exact) mass is 423 g/mol. The van der Waals surface area contributed by atoms with Crippen molar-refractivity contribution in [3.8, 4) is 17.2 Å². The van der Waals surface area contributed by atoms with Gasteiger partial charge in [-0.3, -0.25) is 4.79 Å². The predicted octanol–water partition coefficient (Wildman–Crippen LogP) is 3.44. The van der Waals surface area contributed by atoms with E-state index in [1.807, 2.05) is 18.2 Å². The van der Waals surface area contributed by atoms with E-state index in [2.05, 4.69) is 15.2 Å². The third-order valence-electron chi connectivity index (χ3n) is 4.54. The molecule has 30 heavy (non-hydrogen) atoms. The van der Waals surface area contributed by atoms with E-state index in [1.54, 1.807) is 56.3 Å². The molecule has 152 valence electrons. The number of ether oxygens (including phenoxy) is 2. The third kappa shape index (κ3) is 3.53. The van der Waals surface area contributed by atoms with E-state index in [-0.39, 0.29) is 5.56 Å². The second-order valence-corrected chi connectivity index (χ2v) is 6.84. The lowest BCUT2D eigenvalue weighted by atomic mass is 10.2. The van der Waals surface area contributed by atoms with Gasteiger partial charge in [-0.15, -0.1) is 0 Å². The summed E-state index contributed by atoms with van der Waals surface area (Å²) in [6.45, 7) is 1.71. The molecule has 0 unspecified atom stereocenters. The molecule has 2 aromatic carbocycles. The van der Waals surface area contributed by atoms with E-state index in [0.29, 0.717) is 33.4 Å². The van der Waals surface area contributed by atoms with Crippen molar-refractivity contribution < 1.29 is 9.47 Å². The Morgan fingerprint density at radius 1 is 1.07 bits per heavy atom. The van der Waals surface area contributed by atoms with Gasteiger partial charge >= 0.3 is 0 Å². The van der Waals surface area contributed by atoms with Crippen LogP contribution in [-0.4, -0.2) is 39.9 Å². The van der Waals surface area contributed by atoms with E-state index < -0.39 is 0 Å². The summed E-state index contributed by atoms with van der Waals surface area (Å²) in [5, 5.41) is 9.61. The van der Waals surface area contributed by atoms with Gasteiger partial charge in [0, 0.05) is 5.02 Å². The lowest BCUT2D eigenvalue weighted by Gasteiger charge is -2.08. The first-order valence-electron chi connectivity index (χ1n) is 9.01. The summed E-state index contributed by atoms with van der Waals surface area (Å²) in [6, 6.07) is 12.5. The number of methoxy groups -OCH3 is 2. The Labute approximate surface area is 177 Å². The van der Waals surface area contributed by atoms with Gasteiger partial charge in [0.05, 0.1) is 32.3 Å². The Morgan fingerprint density at radius 2 is 1.80 bits per heavy atom. The fourth-order valence-corrected chi connectivity index (χ4v) is 3.15. The summed E-state index contributed by atoms with van der Waals surface area (Å²) in [5.41, 5.74) is 1.65. The van der Waals surface area contributed by atoms with Crippen LogP contribution in [0.15, 0.2) is 58.6 Å². The number of nitrogens with zero attached hydrogens (tertiary/aromatic N) is 5. The van der Waals surface area contributed by atoms with Gasteiger partial charge in [-0.25, -0.2) is 9.67 Å². The second kappa shape index (κ2) is 8.00. The molecule has 0 radical (unpaired) electrons. The summed E-state index contributed by atoms with van der Waals surface area (Å²) in [6.07, 6.45) is 3.05. The van der Waals surface area contributed by atoms with Gasteiger partial charge in [0.15, 0.2) is 17.1 Å². The Bertz CT molecular complexity index is 1310. The molecular weight excluding hydrogens is 406 g/mol. The number of rotatable bonds is 5. The van der Waals surface area contributed by atoms with Crippen molar-refractivity contribution in [1.29, 1.82) is 0 Å². The van der Waals surface area contributed by atoms with E-state index in [0.717, 1.165) is 11.3 Å². The van der Waals surface area contributed by atoms with Crippen LogP contribution in [0.3, 0.4) is 0 Å². The quantitative estimate of drug-likeness (QED) is 0.459. The van der Waals surface area contributed by atoms with Crippen LogP contribution in [0.5, 0.6) is 11.5 Å². The van der Waals surface area contributed by atoms with Crippen LogP contribution in [0.2, 0.25) is 5.02 Å². The average molecular weight is 424 g/mol. The summed E-state index contributed by atoms with van der Waals surface area (Å²) in [7, 11) is 3.13. The van der Waals surface area contributed by atoms with Crippen molar-refractivity contribution in [2.45, 2.75) is 6.92 Å². The molecule has 0 aliphatic rings. The molecule has 9 heteroatoms. The molecule has 0 N–H and O–H groups in total. The highest BCUT2D eigenvalue weighted by atomic mass is 35.5. The first-order valence-corrected chi connectivity index (χ1v) is 9.39. The normalized spacial score (nSPS) is 11.3. The first-order chi connectivity index (χ1) is 14.5. The molecule has 0 amide bonds. The third-order valence-corrected chi connectivity index (χ3v) is 4.79. The SMILES string of the molecule is COc1ccc(/C=N/n2c(C)nc3c(cnn3-c3ccc(Cl)cc3)c2=O)cc1OC. The van der Waals surface area contributed by atoms with Crippen molar-refractivity contribution in [3.63, 3.8) is 0 Å². The minimum atomic E-state index is -0.311. The molecule has 0 aliphatic heterocycles. The fraction of sp³-hybridized carbons (Fsp3) is 0.143. The molecular formula is C21H18ClN5O3. The molecule has 0 saturated carbocycles. The van der Waals surface area contributed by atoms with Crippen LogP contribution in [0, 0.1) is 6.92 Å². The molecule has 8 nitrogen and oxygen atoms in total. The lowest BCUT2D eigenvalue weighted by molar-refractivity contribution is 0.355. The Morgan fingerprint density at radius 3 is 2.50 bits per heavy atom. The van der Waals surface area contributed by atoms with Crippen LogP contribution < -0.4 is 15.0 Å². The smallest absolute Gasteiger partial charge is 0.285 e. The van der Waals surface area contributed by atoms with Crippen LogP contribution in [0.25, 0.3) is 16.7 Å². The highest BCUT2D eigenvalue weighted by molar-refractivity contribution is 6.30. The van der Waals surface area contributed by atoms with Gasteiger partial charge in [0.2, 0.25) is 0 Å². The van der Waals surface area contributed by atoms with Crippen molar-refractivity contribution in [2.24, 2.45) is 5.10 Å². The Hall–Kier alpha value is -3.65. The zero-order valence-corrected chi connectivity index (χ0v) is 17.3. The number of aryl methyl sites for hydroxylation is 1. The van der Waals surface area contributed by atoms with E-state index in [1.165, 1.54) is 10.9 Å². The first kappa shape index (κ1) is 19.7. The number of aromatic nitrogens is 4. The standard InChI is InChI=1S/C21H18ClN5O3/c1-13-25-20-17(12-24-27(20)16-7-5-15(22)6-8-16)21(28)26(13)23-11-14-4-9-18(29-2)19(10-14)30-3/h4-12H,1-3H3/b23-11+. The van der Waals surface area contributed by atoms with Crippen molar-refractivity contribution in [3.05, 3.63) is 75.4 Å². The van der Waals surface area contributed by atoms with Crippen molar-refractivity contribution in [2.75, 3.05) is 14.2 Å². The zero-order chi connectivity index (χ0) is 21.3. The average Bonchev–Trinajstić information content (AvgIpc) is 3.17. The summed E-state index contributed by atoms with van der Waals surface area (Å²) in [4.78, 5) is 17.5. The highest BCUT2D eigenvalue weighted by Gasteiger charge is 2.14. The molecule has 0 bridgehead atoms. The van der Waals surface area contributed by atoms with E-state index in [4.69, 9.17) is 21.1 Å². The fourth-order valence-electron chi connectivity index (χ4n) is 3.03. The lowest BCUT2D eigenvalue weighted by Crippen LogP contribution is -2.20. The molecule has 0 spiro atoms. The van der Waals surface area contributed by atoms with Crippen LogP contribution in [0.4, 0.5) is 0 Å². The summed E-state index contributed by atoms with van der Waals surface area (Å²) >= 11 is 5.95. The summed E-state index contributed by atoms with van der Waals surface area (Å²) < 4.78 is 13.4. The van der Waals surface area contributed by atoms with Crippen molar-refractivity contribution >= 4 is 28.8 Å². The number of halogens is 1. The van der Waals surface area contributed by atoms with Gasteiger partial charge in [0.25, 0.3) is 5.56 Å². The maximum Gasteiger partial charge on any atom is 0.285 e. The Kier molecular flexibility index (Phi) is 5.24. The van der Waals surface area contributed by atoms with Gasteiger partial charge < -0.3 is 9.47 Å². The zero-order valence-electron chi connectivity index (χ0n) is 16.5. The van der Waals surface area contributed by atoms with Crippen LogP contribution >= 0.6 is 11.6 Å². The van der Waals surface area contributed by atoms with Crippen LogP contribution in [-0.2, 0) is 0 Å². The molecule has 2 heterocycles. The summed E-state index contributed by atoms with van der Waals surface area (Å²) in [5.74, 6) is 1.61. The molecule has 0 aliphatic carbocycles. The predicted molar refractivity (Wildman–Crippen MR) is 115 cm³/mol. The van der Waals surface area contributed by atoms with Crippen molar-refractivity contribution in [1.82, 2.24) is 19.4 Å². The minimum Gasteiger partial charge on any atom is -0.493 e. The molecule has 4 aromatic rings. The number of fused-ring (bicyclic) bond motifs is 1.